The molecule has 2 aromatic heterocycles. The van der Waals surface area contributed by atoms with Crippen LogP contribution in [0.15, 0.2) is 54.0 Å². The first-order valence-electron chi connectivity index (χ1n) is 8.49. The topological polar surface area (TPSA) is 68.2 Å². The lowest BCUT2D eigenvalue weighted by Gasteiger charge is -2.13. The van der Waals surface area contributed by atoms with Gasteiger partial charge in [-0.15, -0.1) is 11.3 Å². The van der Waals surface area contributed by atoms with Crippen molar-refractivity contribution in [2.75, 3.05) is 19.5 Å². The molecule has 142 valence electrons. The number of carbonyl (C=O) groups excluding carboxylic acids is 1. The molecule has 6 nitrogen and oxygen atoms in total. The van der Waals surface area contributed by atoms with Gasteiger partial charge in [0.1, 0.15) is 5.75 Å². The van der Waals surface area contributed by atoms with Crippen LogP contribution in [-0.2, 0) is 0 Å². The molecular weight excluding hydrogens is 396 g/mol. The minimum Gasteiger partial charge on any atom is -0.494 e. The van der Waals surface area contributed by atoms with Gasteiger partial charge in [-0.1, -0.05) is 23.7 Å². The number of nitrogens with zero attached hydrogens (tertiary/aromatic N) is 2. The van der Waals surface area contributed by atoms with Crippen LogP contribution in [-0.4, -0.2) is 29.8 Å². The summed E-state index contributed by atoms with van der Waals surface area (Å²) in [6.07, 6.45) is 1.78. The van der Waals surface area contributed by atoms with E-state index in [2.05, 4.69) is 15.7 Å². The second kappa shape index (κ2) is 7.53. The Kier molecular flexibility index (Phi) is 4.93. The quantitative estimate of drug-likeness (QED) is 0.491. The molecule has 0 saturated carbocycles. The largest absolute Gasteiger partial charge is 0.494 e. The second-order valence-corrected chi connectivity index (χ2v) is 7.34. The molecule has 2 aromatic carbocycles. The van der Waals surface area contributed by atoms with E-state index in [9.17, 15) is 4.79 Å². The molecule has 0 aliphatic rings. The van der Waals surface area contributed by atoms with Crippen molar-refractivity contribution in [3.8, 4) is 11.4 Å². The van der Waals surface area contributed by atoms with E-state index in [-0.39, 0.29) is 5.91 Å². The minimum absolute atomic E-state index is 0.114. The number of methoxy groups -OCH3 is 1. The molecule has 1 amide bonds. The summed E-state index contributed by atoms with van der Waals surface area (Å²) in [6.45, 7) is 0. The Balaban J connectivity index is 1.75. The number of hydrogen-bond acceptors (Lipinski definition) is 5. The molecule has 28 heavy (non-hydrogen) atoms. The summed E-state index contributed by atoms with van der Waals surface area (Å²) >= 11 is 7.63. The number of para-hydroxylation sites is 1. The maximum atomic E-state index is 11.8. The zero-order chi connectivity index (χ0) is 19.7. The van der Waals surface area contributed by atoms with Crippen LogP contribution < -0.4 is 15.4 Å². The van der Waals surface area contributed by atoms with Crippen LogP contribution in [0.2, 0.25) is 5.02 Å². The van der Waals surface area contributed by atoms with Gasteiger partial charge in [0.25, 0.3) is 5.91 Å². The Labute approximate surface area is 170 Å². The fourth-order valence-corrected chi connectivity index (χ4v) is 3.91. The fraction of sp³-hybridized carbons (Fsp3) is 0.100. The third-order valence-electron chi connectivity index (χ3n) is 4.31. The van der Waals surface area contributed by atoms with Gasteiger partial charge in [0.05, 0.1) is 45.8 Å². The highest BCUT2D eigenvalue weighted by molar-refractivity contribution is 7.12. The first kappa shape index (κ1) is 18.3. The van der Waals surface area contributed by atoms with Gasteiger partial charge in [-0.05, 0) is 24.3 Å². The average molecular weight is 413 g/mol. The number of hydrogen-bond donors (Lipinski definition) is 2. The molecule has 0 bridgehead atoms. The molecule has 8 heteroatoms. The number of halogens is 1. The van der Waals surface area contributed by atoms with Crippen LogP contribution in [0.1, 0.15) is 9.67 Å². The Morgan fingerprint density at radius 3 is 2.79 bits per heavy atom. The predicted molar refractivity (Wildman–Crippen MR) is 114 cm³/mol. The van der Waals surface area contributed by atoms with Gasteiger partial charge in [-0.3, -0.25) is 4.79 Å². The van der Waals surface area contributed by atoms with Crippen LogP contribution in [0, 0.1) is 0 Å². The van der Waals surface area contributed by atoms with Gasteiger partial charge < -0.3 is 15.4 Å². The van der Waals surface area contributed by atoms with Gasteiger partial charge in [0, 0.05) is 23.9 Å². The van der Waals surface area contributed by atoms with E-state index in [1.807, 2.05) is 47.8 Å². The van der Waals surface area contributed by atoms with Crippen molar-refractivity contribution in [3.05, 3.63) is 63.9 Å². The molecule has 2 heterocycles. The van der Waals surface area contributed by atoms with Crippen LogP contribution in [0.25, 0.3) is 16.6 Å². The Hall–Kier alpha value is -3.03. The van der Waals surface area contributed by atoms with E-state index in [4.69, 9.17) is 16.3 Å². The zero-order valence-electron chi connectivity index (χ0n) is 15.2. The Morgan fingerprint density at radius 2 is 2.04 bits per heavy atom. The van der Waals surface area contributed by atoms with E-state index in [1.165, 1.54) is 11.3 Å². The molecule has 0 atom stereocenters. The molecule has 4 aromatic rings. The molecule has 4 rings (SSSR count). The number of aromatic nitrogens is 2. The maximum Gasteiger partial charge on any atom is 0.261 e. The molecule has 0 spiro atoms. The van der Waals surface area contributed by atoms with E-state index < -0.39 is 0 Å². The highest BCUT2D eigenvalue weighted by Crippen LogP contribution is 2.35. The van der Waals surface area contributed by atoms with Crippen molar-refractivity contribution in [2.24, 2.45) is 0 Å². The summed E-state index contributed by atoms with van der Waals surface area (Å²) in [5, 5.41) is 13.9. The summed E-state index contributed by atoms with van der Waals surface area (Å²) in [5.41, 5.74) is 3.29. The summed E-state index contributed by atoms with van der Waals surface area (Å²) < 4.78 is 7.37. The Bertz CT molecular complexity index is 1170. The number of fused-ring (bicyclic) bond motifs is 1. The minimum atomic E-state index is -0.114. The number of carbonyl (C=O) groups is 1. The summed E-state index contributed by atoms with van der Waals surface area (Å²) in [4.78, 5) is 12.5. The number of rotatable bonds is 5. The summed E-state index contributed by atoms with van der Waals surface area (Å²) in [7, 11) is 3.23. The number of anilines is 2. The summed E-state index contributed by atoms with van der Waals surface area (Å²) in [6, 6.07) is 13.2. The average Bonchev–Trinajstić information content (AvgIpc) is 3.35. The highest BCUT2D eigenvalue weighted by Gasteiger charge is 2.14. The number of amides is 1. The molecular formula is C20H17ClN4O2S. The van der Waals surface area contributed by atoms with Crippen LogP contribution >= 0.6 is 22.9 Å². The second-order valence-electron chi connectivity index (χ2n) is 6.02. The smallest absolute Gasteiger partial charge is 0.261 e. The number of nitrogens with one attached hydrogen (secondary N) is 2. The zero-order valence-corrected chi connectivity index (χ0v) is 16.8. The standard InChI is InChI=1S/C20H17ClN4O2S/c1-22-20(26)19-8-13(11-28-19)25-17-9-18(27-2)16(7-12(17)10-23-25)24-15-6-4-3-5-14(15)21/h3-11,24H,1-2H3,(H,22,26). The summed E-state index contributed by atoms with van der Waals surface area (Å²) in [5.74, 6) is 0.549. The van der Waals surface area contributed by atoms with E-state index in [0.29, 0.717) is 15.6 Å². The SMILES string of the molecule is CNC(=O)c1cc(-n2ncc3cc(Nc4ccccc4Cl)c(OC)cc32)cs1. The first-order valence-corrected chi connectivity index (χ1v) is 9.75. The lowest BCUT2D eigenvalue weighted by atomic mass is 10.2. The van der Waals surface area contributed by atoms with E-state index >= 15 is 0 Å². The molecule has 0 saturated heterocycles. The van der Waals surface area contributed by atoms with E-state index in [0.717, 1.165) is 28.0 Å². The normalized spacial score (nSPS) is 10.8. The predicted octanol–water partition coefficient (Wildman–Crippen LogP) is 4.85. The lowest BCUT2D eigenvalue weighted by Crippen LogP contribution is -2.16. The Morgan fingerprint density at radius 1 is 1.21 bits per heavy atom. The van der Waals surface area contributed by atoms with Crippen molar-refractivity contribution < 1.29 is 9.53 Å². The van der Waals surface area contributed by atoms with Crippen molar-refractivity contribution in [3.63, 3.8) is 0 Å². The molecule has 0 radical (unpaired) electrons. The maximum absolute atomic E-state index is 11.8. The highest BCUT2D eigenvalue weighted by atomic mass is 35.5. The fourth-order valence-electron chi connectivity index (χ4n) is 2.91. The van der Waals surface area contributed by atoms with Crippen molar-refractivity contribution in [1.82, 2.24) is 15.1 Å². The molecule has 0 unspecified atom stereocenters. The third kappa shape index (κ3) is 3.30. The van der Waals surface area contributed by atoms with Gasteiger partial charge >= 0.3 is 0 Å². The molecule has 0 aliphatic carbocycles. The number of thiophene rings is 1. The van der Waals surface area contributed by atoms with E-state index in [1.54, 1.807) is 25.0 Å². The van der Waals surface area contributed by atoms with Crippen molar-refractivity contribution in [1.29, 1.82) is 0 Å². The van der Waals surface area contributed by atoms with Crippen molar-refractivity contribution in [2.45, 2.75) is 0 Å². The molecule has 0 fully saturated rings. The number of ether oxygens (including phenoxy) is 1. The monoisotopic (exact) mass is 412 g/mol. The van der Waals surface area contributed by atoms with Crippen LogP contribution in [0.4, 0.5) is 11.4 Å². The van der Waals surface area contributed by atoms with Crippen molar-refractivity contribution >= 4 is 51.1 Å². The van der Waals surface area contributed by atoms with Crippen LogP contribution in [0.5, 0.6) is 5.75 Å². The van der Waals surface area contributed by atoms with Gasteiger partial charge in [0.15, 0.2) is 0 Å². The van der Waals surface area contributed by atoms with Gasteiger partial charge in [0.2, 0.25) is 0 Å². The first-order chi connectivity index (χ1) is 13.6. The number of benzene rings is 2. The van der Waals surface area contributed by atoms with Gasteiger partial charge in [-0.25, -0.2) is 4.68 Å². The molecule has 0 aliphatic heterocycles. The van der Waals surface area contributed by atoms with Crippen LogP contribution in [0.3, 0.4) is 0 Å². The molecule has 2 N–H and O–H groups in total. The van der Waals surface area contributed by atoms with Gasteiger partial charge in [-0.2, -0.15) is 5.10 Å². The third-order valence-corrected chi connectivity index (χ3v) is 5.56. The lowest BCUT2D eigenvalue weighted by molar-refractivity contribution is 0.0967.